The number of aromatic nitrogens is 6. The van der Waals surface area contributed by atoms with Gasteiger partial charge in [-0.05, 0) is 30.3 Å². The van der Waals surface area contributed by atoms with Crippen molar-refractivity contribution in [3.05, 3.63) is 65.8 Å². The summed E-state index contributed by atoms with van der Waals surface area (Å²) in [4.78, 5) is 8.88. The minimum atomic E-state index is -3.00. The Balaban J connectivity index is 1.75. The van der Waals surface area contributed by atoms with Crippen LogP contribution in [-0.4, -0.2) is 36.0 Å². The van der Waals surface area contributed by atoms with Crippen LogP contribution >= 0.6 is 11.6 Å². The summed E-state index contributed by atoms with van der Waals surface area (Å²) in [7, 11) is 0. The number of pyridine rings is 1. The van der Waals surface area contributed by atoms with Crippen LogP contribution in [0.25, 0.3) is 33.5 Å². The quantitative estimate of drug-likeness (QED) is 0.445. The summed E-state index contributed by atoms with van der Waals surface area (Å²) in [6.45, 7) is -2.87. The third-order valence-electron chi connectivity index (χ3n) is 4.76. The van der Waals surface area contributed by atoms with E-state index < -0.39 is 6.61 Å². The van der Waals surface area contributed by atoms with Gasteiger partial charge in [-0.1, -0.05) is 11.6 Å². The molecule has 1 aromatic carbocycles. The number of alkyl halides is 2. The topological polar surface area (TPSA) is 96.1 Å². The smallest absolute Gasteiger partial charge is 0.387 e. The highest BCUT2D eigenvalue weighted by molar-refractivity contribution is 6.30. The lowest BCUT2D eigenvalue weighted by atomic mass is 10.1. The Bertz CT molecular complexity index is 1420. The maximum atomic E-state index is 13.0. The molecule has 0 aliphatic heterocycles. The first-order chi connectivity index (χ1) is 15.0. The number of fused-ring (bicyclic) bond motifs is 2. The van der Waals surface area contributed by atoms with Gasteiger partial charge in [0, 0.05) is 35.5 Å². The van der Waals surface area contributed by atoms with Gasteiger partial charge in [0.05, 0.1) is 28.7 Å². The molecule has 0 spiro atoms. The Hall–Kier alpha value is -3.63. The van der Waals surface area contributed by atoms with E-state index in [1.807, 2.05) is 0 Å². The maximum absolute atomic E-state index is 13.0. The Morgan fingerprint density at radius 1 is 1.16 bits per heavy atom. The molecular formula is C20H14ClF2N7O. The molecule has 31 heavy (non-hydrogen) atoms. The van der Waals surface area contributed by atoms with Gasteiger partial charge in [-0.3, -0.25) is 4.98 Å². The summed E-state index contributed by atoms with van der Waals surface area (Å²) in [5.74, 6) is -0.0663. The number of hydrogen-bond donors (Lipinski definition) is 1. The fourth-order valence-corrected chi connectivity index (χ4v) is 3.58. The summed E-state index contributed by atoms with van der Waals surface area (Å²) >= 11 is 6.13. The predicted molar refractivity (Wildman–Crippen MR) is 110 cm³/mol. The molecule has 0 amide bonds. The zero-order chi connectivity index (χ0) is 21.5. The number of nitrogens with zero attached hydrogens (tertiary/aromatic N) is 6. The van der Waals surface area contributed by atoms with Crippen LogP contribution in [0.5, 0.6) is 5.75 Å². The van der Waals surface area contributed by atoms with E-state index in [0.29, 0.717) is 38.5 Å². The number of ether oxygens (including phenoxy) is 1. The molecule has 0 aliphatic carbocycles. The van der Waals surface area contributed by atoms with Crippen molar-refractivity contribution in [1.29, 1.82) is 0 Å². The highest BCUT2D eigenvalue weighted by Crippen LogP contribution is 2.33. The molecule has 2 N–H and O–H groups in total. The number of rotatable bonds is 5. The molecule has 0 aliphatic rings. The maximum Gasteiger partial charge on any atom is 0.387 e. The Labute approximate surface area is 178 Å². The molecule has 156 valence electrons. The van der Waals surface area contributed by atoms with Crippen LogP contribution in [0.15, 0.2) is 55.1 Å². The van der Waals surface area contributed by atoms with Crippen LogP contribution in [0.3, 0.4) is 0 Å². The van der Waals surface area contributed by atoms with E-state index in [2.05, 4.69) is 24.9 Å². The second kappa shape index (κ2) is 7.56. The van der Waals surface area contributed by atoms with Crippen molar-refractivity contribution in [3.63, 3.8) is 0 Å². The highest BCUT2D eigenvalue weighted by Gasteiger charge is 2.19. The first-order valence-corrected chi connectivity index (χ1v) is 9.54. The van der Waals surface area contributed by atoms with E-state index in [4.69, 9.17) is 17.3 Å². The lowest BCUT2D eigenvalue weighted by Gasteiger charge is -2.12. The van der Waals surface area contributed by atoms with Crippen molar-refractivity contribution in [1.82, 2.24) is 29.4 Å². The molecule has 8 nitrogen and oxygen atoms in total. The normalized spacial score (nSPS) is 11.6. The number of halogens is 3. The van der Waals surface area contributed by atoms with Crippen molar-refractivity contribution in [2.45, 2.75) is 13.2 Å². The monoisotopic (exact) mass is 441 g/mol. The van der Waals surface area contributed by atoms with Gasteiger partial charge in [-0.25, -0.2) is 14.2 Å². The van der Waals surface area contributed by atoms with E-state index in [1.165, 1.54) is 22.9 Å². The molecule has 0 radical (unpaired) electrons. The average Bonchev–Trinajstić information content (AvgIpc) is 3.35. The third-order valence-corrected chi connectivity index (χ3v) is 4.99. The van der Waals surface area contributed by atoms with E-state index in [9.17, 15) is 8.78 Å². The molecule has 5 rings (SSSR count). The minimum absolute atomic E-state index is 0.0663. The summed E-state index contributed by atoms with van der Waals surface area (Å²) in [5, 5.41) is 9.81. The molecule has 0 saturated carbocycles. The SMILES string of the molecule is NCc1nn(-c2cc(Cl)ccc2OC(F)F)c2cc(-c3cnn4cccnc34)ncc12. The van der Waals surface area contributed by atoms with Gasteiger partial charge in [-0.15, -0.1) is 0 Å². The van der Waals surface area contributed by atoms with Crippen LogP contribution in [0.1, 0.15) is 5.69 Å². The molecule has 5 aromatic rings. The zero-order valence-electron chi connectivity index (χ0n) is 15.8. The van der Waals surface area contributed by atoms with E-state index in [1.54, 1.807) is 41.4 Å². The predicted octanol–water partition coefficient (Wildman–Crippen LogP) is 3.84. The van der Waals surface area contributed by atoms with Crippen molar-refractivity contribution in [2.75, 3.05) is 0 Å². The number of hydrogen-bond acceptors (Lipinski definition) is 6. The number of nitrogens with two attached hydrogens (primary N) is 1. The van der Waals surface area contributed by atoms with Crippen LogP contribution in [0.2, 0.25) is 5.02 Å². The Morgan fingerprint density at radius 2 is 2.03 bits per heavy atom. The first-order valence-electron chi connectivity index (χ1n) is 9.16. The van der Waals surface area contributed by atoms with Gasteiger partial charge in [0.15, 0.2) is 11.4 Å². The standard InChI is InChI=1S/C20H14ClF2N7O/c21-11-2-3-18(31-20(22)23)17(6-11)30-16-7-14(26-9-12(16)15(8-24)28-30)13-10-27-29-5-1-4-25-19(13)29/h1-7,9-10,20H,8,24H2. The second-order valence-electron chi connectivity index (χ2n) is 6.59. The third kappa shape index (κ3) is 3.35. The van der Waals surface area contributed by atoms with Gasteiger partial charge in [0.25, 0.3) is 0 Å². The van der Waals surface area contributed by atoms with Gasteiger partial charge in [0.1, 0.15) is 5.69 Å². The van der Waals surface area contributed by atoms with Crippen LogP contribution < -0.4 is 10.5 Å². The fraction of sp³-hybridized carbons (Fsp3) is 0.100. The van der Waals surface area contributed by atoms with Crippen molar-refractivity contribution >= 4 is 28.2 Å². The fourth-order valence-electron chi connectivity index (χ4n) is 3.41. The number of benzene rings is 1. The molecule has 0 fully saturated rings. The molecule has 0 atom stereocenters. The second-order valence-corrected chi connectivity index (χ2v) is 7.02. The Kier molecular flexibility index (Phi) is 4.72. The van der Waals surface area contributed by atoms with E-state index in [-0.39, 0.29) is 18.0 Å². The summed E-state index contributed by atoms with van der Waals surface area (Å²) in [6.07, 6.45) is 6.74. The molecule has 0 saturated heterocycles. The lowest BCUT2D eigenvalue weighted by Crippen LogP contribution is -2.07. The van der Waals surface area contributed by atoms with Crippen LogP contribution in [0, 0.1) is 0 Å². The molecule has 0 unspecified atom stereocenters. The molecule has 4 heterocycles. The molecule has 4 aromatic heterocycles. The minimum Gasteiger partial charge on any atom is -0.433 e. The average molecular weight is 442 g/mol. The largest absolute Gasteiger partial charge is 0.433 e. The van der Waals surface area contributed by atoms with E-state index in [0.717, 1.165) is 0 Å². The van der Waals surface area contributed by atoms with Gasteiger partial charge >= 0.3 is 6.61 Å². The first kappa shape index (κ1) is 19.3. The Morgan fingerprint density at radius 3 is 2.84 bits per heavy atom. The van der Waals surface area contributed by atoms with Crippen molar-refractivity contribution < 1.29 is 13.5 Å². The molecular weight excluding hydrogens is 428 g/mol. The van der Waals surface area contributed by atoms with Crippen molar-refractivity contribution in [2.24, 2.45) is 5.73 Å². The van der Waals surface area contributed by atoms with Crippen LogP contribution in [-0.2, 0) is 6.54 Å². The summed E-state index contributed by atoms with van der Waals surface area (Å²) in [5.41, 5.74) is 9.19. The van der Waals surface area contributed by atoms with Gasteiger partial charge in [-0.2, -0.15) is 19.0 Å². The summed E-state index contributed by atoms with van der Waals surface area (Å²) < 4.78 is 33.7. The van der Waals surface area contributed by atoms with Gasteiger partial charge in [0.2, 0.25) is 0 Å². The highest BCUT2D eigenvalue weighted by atomic mass is 35.5. The van der Waals surface area contributed by atoms with Crippen molar-refractivity contribution in [3.8, 4) is 22.7 Å². The lowest BCUT2D eigenvalue weighted by molar-refractivity contribution is -0.0498. The van der Waals surface area contributed by atoms with E-state index >= 15 is 0 Å². The van der Waals surface area contributed by atoms with Crippen LogP contribution in [0.4, 0.5) is 8.78 Å². The summed E-state index contributed by atoms with van der Waals surface area (Å²) in [6, 6.07) is 7.89. The molecule has 0 bridgehead atoms. The zero-order valence-corrected chi connectivity index (χ0v) is 16.5. The van der Waals surface area contributed by atoms with Gasteiger partial charge < -0.3 is 10.5 Å². The molecule has 11 heteroatoms.